The van der Waals surface area contributed by atoms with Gasteiger partial charge in [-0.05, 0) is 31.0 Å². The first-order valence-electron chi connectivity index (χ1n) is 5.29. The summed E-state index contributed by atoms with van der Waals surface area (Å²) < 4.78 is 0. The lowest BCUT2D eigenvalue weighted by Gasteiger charge is -2.08. The number of amides is 1. The van der Waals surface area contributed by atoms with Gasteiger partial charge in [-0.25, -0.2) is 4.79 Å². The van der Waals surface area contributed by atoms with Gasteiger partial charge in [0.25, 0.3) is 0 Å². The third-order valence-electron chi connectivity index (χ3n) is 2.32. The van der Waals surface area contributed by atoms with Crippen molar-refractivity contribution in [3.8, 4) is 0 Å². The number of aliphatic hydroxyl groups is 1. The number of nitrogens with one attached hydrogen (secondary N) is 1. The highest BCUT2D eigenvalue weighted by molar-refractivity contribution is 5.94. The summed E-state index contributed by atoms with van der Waals surface area (Å²) in [7, 11) is 0. The average molecular weight is 237 g/mol. The molecule has 0 spiro atoms. The summed E-state index contributed by atoms with van der Waals surface area (Å²) in [4.78, 5) is 22.2. The number of aromatic carboxylic acids is 1. The van der Waals surface area contributed by atoms with Gasteiger partial charge in [-0.3, -0.25) is 4.79 Å². The molecule has 17 heavy (non-hydrogen) atoms. The van der Waals surface area contributed by atoms with Crippen LogP contribution in [0.15, 0.2) is 18.2 Å². The van der Waals surface area contributed by atoms with Crippen LogP contribution in [0.5, 0.6) is 0 Å². The number of aliphatic hydroxyl groups excluding tert-OH is 1. The fourth-order valence-electron chi connectivity index (χ4n) is 1.34. The van der Waals surface area contributed by atoms with E-state index in [9.17, 15) is 9.59 Å². The first-order chi connectivity index (χ1) is 8.04. The molecule has 0 aliphatic rings. The molecule has 5 heteroatoms. The van der Waals surface area contributed by atoms with Gasteiger partial charge in [-0.2, -0.15) is 0 Å². The van der Waals surface area contributed by atoms with E-state index in [0.717, 1.165) is 5.56 Å². The predicted octanol–water partition coefficient (Wildman–Crippen LogP) is 1.40. The van der Waals surface area contributed by atoms with E-state index in [1.807, 2.05) is 0 Å². The molecule has 0 unspecified atom stereocenters. The van der Waals surface area contributed by atoms with E-state index in [1.54, 1.807) is 13.0 Å². The summed E-state index contributed by atoms with van der Waals surface area (Å²) in [6, 6.07) is 4.56. The van der Waals surface area contributed by atoms with E-state index in [0.29, 0.717) is 12.1 Å². The highest BCUT2D eigenvalue weighted by Gasteiger charge is 2.08. The van der Waals surface area contributed by atoms with Crippen LogP contribution in [0.3, 0.4) is 0 Å². The zero-order valence-corrected chi connectivity index (χ0v) is 9.56. The van der Waals surface area contributed by atoms with E-state index < -0.39 is 5.97 Å². The smallest absolute Gasteiger partial charge is 0.335 e. The van der Waals surface area contributed by atoms with Crippen molar-refractivity contribution in [2.24, 2.45) is 0 Å². The maximum atomic E-state index is 11.4. The van der Waals surface area contributed by atoms with Gasteiger partial charge in [0.1, 0.15) is 0 Å². The molecule has 0 aliphatic carbocycles. The summed E-state index contributed by atoms with van der Waals surface area (Å²) in [6.07, 6.45) is 0.608. The maximum absolute atomic E-state index is 11.4. The van der Waals surface area contributed by atoms with Crippen molar-refractivity contribution in [2.45, 2.75) is 19.8 Å². The molecule has 92 valence electrons. The third-order valence-corrected chi connectivity index (χ3v) is 2.32. The lowest BCUT2D eigenvalue weighted by atomic mass is 10.1. The molecule has 0 bridgehead atoms. The number of rotatable bonds is 5. The summed E-state index contributed by atoms with van der Waals surface area (Å²) in [5.74, 6) is -1.26. The second-order valence-corrected chi connectivity index (χ2v) is 3.71. The monoisotopic (exact) mass is 237 g/mol. The predicted molar refractivity (Wildman–Crippen MR) is 63.1 cm³/mol. The molecule has 0 radical (unpaired) electrons. The molecule has 0 atom stereocenters. The molecule has 0 saturated heterocycles. The van der Waals surface area contributed by atoms with Crippen LogP contribution in [0.1, 0.15) is 28.8 Å². The SMILES string of the molecule is Cc1ccc(C(=O)O)cc1NC(=O)CCCO. The van der Waals surface area contributed by atoms with Gasteiger partial charge >= 0.3 is 5.97 Å². The largest absolute Gasteiger partial charge is 0.478 e. The van der Waals surface area contributed by atoms with Crippen molar-refractivity contribution in [1.82, 2.24) is 0 Å². The third kappa shape index (κ3) is 3.88. The Morgan fingerprint density at radius 1 is 1.35 bits per heavy atom. The average Bonchev–Trinajstić information content (AvgIpc) is 2.29. The van der Waals surface area contributed by atoms with Crippen LogP contribution in [0, 0.1) is 6.92 Å². The normalized spacial score (nSPS) is 10.0. The van der Waals surface area contributed by atoms with Crippen LogP contribution < -0.4 is 5.32 Å². The Hall–Kier alpha value is -1.88. The minimum atomic E-state index is -1.03. The molecule has 1 rings (SSSR count). The summed E-state index contributed by atoms with van der Waals surface area (Å²) in [5.41, 5.74) is 1.42. The van der Waals surface area contributed by atoms with Gasteiger partial charge < -0.3 is 15.5 Å². The maximum Gasteiger partial charge on any atom is 0.335 e. The number of benzene rings is 1. The van der Waals surface area contributed by atoms with Crippen LogP contribution in [-0.4, -0.2) is 28.7 Å². The Morgan fingerprint density at radius 2 is 2.06 bits per heavy atom. The Bertz CT molecular complexity index is 429. The number of anilines is 1. The van der Waals surface area contributed by atoms with Gasteiger partial charge in [0.15, 0.2) is 0 Å². The molecule has 5 nitrogen and oxygen atoms in total. The molecular formula is C12H15NO4. The van der Waals surface area contributed by atoms with Crippen molar-refractivity contribution < 1.29 is 19.8 Å². The van der Waals surface area contributed by atoms with Gasteiger partial charge in [0.05, 0.1) is 5.56 Å². The minimum absolute atomic E-state index is 0.0401. The molecule has 0 aromatic heterocycles. The van der Waals surface area contributed by atoms with Crippen LogP contribution in [0.25, 0.3) is 0 Å². The van der Waals surface area contributed by atoms with Gasteiger partial charge in [-0.15, -0.1) is 0 Å². The second-order valence-electron chi connectivity index (χ2n) is 3.71. The van der Waals surface area contributed by atoms with Gasteiger partial charge in [-0.1, -0.05) is 6.07 Å². The van der Waals surface area contributed by atoms with Crippen molar-refractivity contribution in [1.29, 1.82) is 0 Å². The quantitative estimate of drug-likeness (QED) is 0.722. The number of hydrogen-bond acceptors (Lipinski definition) is 3. The Morgan fingerprint density at radius 3 is 2.65 bits per heavy atom. The van der Waals surface area contributed by atoms with Crippen LogP contribution >= 0.6 is 0 Å². The molecule has 1 aromatic rings. The zero-order chi connectivity index (χ0) is 12.8. The molecule has 3 N–H and O–H groups in total. The molecule has 0 heterocycles. The molecule has 1 amide bonds. The van der Waals surface area contributed by atoms with Crippen molar-refractivity contribution in [3.63, 3.8) is 0 Å². The van der Waals surface area contributed by atoms with Crippen LogP contribution in [0.2, 0.25) is 0 Å². The van der Waals surface area contributed by atoms with E-state index in [-0.39, 0.29) is 24.5 Å². The number of carbonyl (C=O) groups is 2. The fourth-order valence-corrected chi connectivity index (χ4v) is 1.34. The fraction of sp³-hybridized carbons (Fsp3) is 0.333. The zero-order valence-electron chi connectivity index (χ0n) is 9.56. The van der Waals surface area contributed by atoms with E-state index in [4.69, 9.17) is 10.2 Å². The Kier molecular flexibility index (Phi) is 4.66. The number of aryl methyl sites for hydroxylation is 1. The van der Waals surface area contributed by atoms with Crippen molar-refractivity contribution in [2.75, 3.05) is 11.9 Å². The molecule has 0 saturated carbocycles. The highest BCUT2D eigenvalue weighted by atomic mass is 16.4. The Labute approximate surface area is 99.1 Å². The molecule has 1 aromatic carbocycles. The van der Waals surface area contributed by atoms with E-state index in [1.165, 1.54) is 12.1 Å². The van der Waals surface area contributed by atoms with Gasteiger partial charge in [0.2, 0.25) is 5.91 Å². The lowest BCUT2D eigenvalue weighted by Crippen LogP contribution is -2.13. The van der Waals surface area contributed by atoms with Crippen LogP contribution in [-0.2, 0) is 4.79 Å². The summed E-state index contributed by atoms with van der Waals surface area (Å²) in [5, 5.41) is 20.1. The topological polar surface area (TPSA) is 86.6 Å². The number of carboxylic acids is 1. The number of hydrogen-bond donors (Lipinski definition) is 3. The Balaban J connectivity index is 2.79. The minimum Gasteiger partial charge on any atom is -0.478 e. The molecule has 0 aliphatic heterocycles. The van der Waals surface area contributed by atoms with Gasteiger partial charge in [0, 0.05) is 18.7 Å². The second kappa shape index (κ2) is 6.00. The summed E-state index contributed by atoms with van der Waals surface area (Å²) >= 11 is 0. The first-order valence-corrected chi connectivity index (χ1v) is 5.29. The van der Waals surface area contributed by atoms with E-state index in [2.05, 4.69) is 5.32 Å². The first kappa shape index (κ1) is 13.2. The van der Waals surface area contributed by atoms with Crippen molar-refractivity contribution >= 4 is 17.6 Å². The van der Waals surface area contributed by atoms with Crippen molar-refractivity contribution in [3.05, 3.63) is 29.3 Å². The van der Waals surface area contributed by atoms with E-state index >= 15 is 0 Å². The number of carboxylic acid groups (broad SMARTS) is 1. The molecule has 0 fully saturated rings. The van der Waals surface area contributed by atoms with Crippen LogP contribution in [0.4, 0.5) is 5.69 Å². The lowest BCUT2D eigenvalue weighted by molar-refractivity contribution is -0.116. The standard InChI is InChI=1S/C12H15NO4/c1-8-4-5-9(12(16)17)7-10(8)13-11(15)3-2-6-14/h4-5,7,14H,2-3,6H2,1H3,(H,13,15)(H,16,17). The highest BCUT2D eigenvalue weighted by Crippen LogP contribution is 2.17. The number of carbonyl (C=O) groups excluding carboxylic acids is 1. The molecular weight excluding hydrogens is 222 g/mol. The summed E-state index contributed by atoms with van der Waals surface area (Å²) in [6.45, 7) is 1.74.